The minimum atomic E-state index is -0.301. The molecular formula is C26H29N7O2. The zero-order chi connectivity index (χ0) is 24.6. The van der Waals surface area contributed by atoms with Crippen molar-refractivity contribution in [3.8, 4) is 11.1 Å². The van der Waals surface area contributed by atoms with Gasteiger partial charge in [-0.25, -0.2) is 15.0 Å². The van der Waals surface area contributed by atoms with Gasteiger partial charge in [0.05, 0.1) is 11.3 Å². The van der Waals surface area contributed by atoms with E-state index >= 15 is 0 Å². The lowest BCUT2D eigenvalue weighted by Crippen LogP contribution is -2.73. The highest BCUT2D eigenvalue weighted by Gasteiger charge is 2.53. The smallest absolute Gasteiger partial charge is 0.258 e. The topological polar surface area (TPSA) is 117 Å². The first-order chi connectivity index (χ1) is 16.9. The number of rotatable bonds is 6. The fourth-order valence-electron chi connectivity index (χ4n) is 4.77. The Morgan fingerprint density at radius 2 is 1.74 bits per heavy atom. The zero-order valence-electron chi connectivity index (χ0n) is 19.9. The van der Waals surface area contributed by atoms with Crippen LogP contribution in [0.5, 0.6) is 0 Å². The molecule has 35 heavy (non-hydrogen) atoms. The number of amides is 2. The summed E-state index contributed by atoms with van der Waals surface area (Å²) in [6.07, 6.45) is 4.84. The molecule has 9 heteroatoms. The van der Waals surface area contributed by atoms with Gasteiger partial charge < -0.3 is 20.9 Å². The summed E-state index contributed by atoms with van der Waals surface area (Å²) in [5.74, 6) is 1.17. The molecule has 1 atom stereocenters. The molecule has 5 rings (SSSR count). The normalized spacial score (nSPS) is 16.9. The van der Waals surface area contributed by atoms with E-state index in [9.17, 15) is 9.59 Å². The molecule has 4 heterocycles. The number of nitrogens with one attached hydrogen (secondary N) is 1. The quantitative estimate of drug-likeness (QED) is 0.567. The van der Waals surface area contributed by atoms with Crippen LogP contribution in [0.2, 0.25) is 0 Å². The molecule has 0 radical (unpaired) electrons. The summed E-state index contributed by atoms with van der Waals surface area (Å²) in [5, 5.41) is 3.08. The Bertz CT molecular complexity index is 1230. The van der Waals surface area contributed by atoms with Crippen molar-refractivity contribution >= 4 is 23.3 Å². The van der Waals surface area contributed by atoms with Crippen molar-refractivity contribution in [2.45, 2.75) is 19.8 Å². The molecule has 3 N–H and O–H groups in total. The molecule has 1 spiro atoms. The highest BCUT2D eigenvalue weighted by molar-refractivity contribution is 6.08. The van der Waals surface area contributed by atoms with Crippen LogP contribution < -0.4 is 16.0 Å². The van der Waals surface area contributed by atoms with E-state index in [2.05, 4.69) is 25.2 Å². The lowest BCUT2D eigenvalue weighted by Gasteiger charge is -2.60. The third kappa shape index (κ3) is 4.35. The number of likely N-dealkylation sites (tertiary alicyclic amines) is 1. The van der Waals surface area contributed by atoms with E-state index < -0.39 is 0 Å². The molecule has 2 aliphatic heterocycles. The van der Waals surface area contributed by atoms with Gasteiger partial charge >= 0.3 is 0 Å². The fraction of sp³-hybridized carbons (Fsp3) is 0.346. The Labute approximate surface area is 204 Å². The van der Waals surface area contributed by atoms with Crippen LogP contribution in [-0.4, -0.2) is 64.4 Å². The lowest BCUT2D eigenvalue weighted by molar-refractivity contribution is -0.142. The second-order valence-electron chi connectivity index (χ2n) is 9.58. The SMILES string of the molecule is CC(=O)N1CC2(C1)CN(c1nccc(-c3ccccc3)c1NC(=O)c1cnc(C(C)CN)nc1)C2. The minimum absolute atomic E-state index is 0.0193. The Balaban J connectivity index is 1.42. The van der Waals surface area contributed by atoms with Crippen molar-refractivity contribution in [2.75, 3.05) is 42.9 Å². The zero-order valence-corrected chi connectivity index (χ0v) is 19.9. The van der Waals surface area contributed by atoms with E-state index in [-0.39, 0.29) is 23.1 Å². The highest BCUT2D eigenvalue weighted by atomic mass is 16.2. The van der Waals surface area contributed by atoms with E-state index in [0.29, 0.717) is 23.6 Å². The number of hydrogen-bond acceptors (Lipinski definition) is 7. The number of aromatic nitrogens is 3. The van der Waals surface area contributed by atoms with Crippen LogP contribution in [-0.2, 0) is 4.79 Å². The number of nitrogens with two attached hydrogens (primary N) is 1. The molecule has 2 aromatic heterocycles. The first-order valence-corrected chi connectivity index (χ1v) is 11.8. The van der Waals surface area contributed by atoms with E-state index in [1.807, 2.05) is 48.2 Å². The third-order valence-corrected chi connectivity index (χ3v) is 6.83. The van der Waals surface area contributed by atoms with E-state index in [1.165, 1.54) is 12.4 Å². The minimum Gasteiger partial charge on any atom is -0.353 e. The van der Waals surface area contributed by atoms with Gasteiger partial charge in [0, 0.05) is 75.1 Å². The fourth-order valence-corrected chi connectivity index (χ4v) is 4.77. The summed E-state index contributed by atoms with van der Waals surface area (Å²) in [7, 11) is 0. The third-order valence-electron chi connectivity index (χ3n) is 6.83. The van der Waals surface area contributed by atoms with Gasteiger partial charge in [0.25, 0.3) is 5.91 Å². The second-order valence-corrected chi connectivity index (χ2v) is 9.58. The van der Waals surface area contributed by atoms with Crippen molar-refractivity contribution in [1.82, 2.24) is 19.9 Å². The first-order valence-electron chi connectivity index (χ1n) is 11.8. The predicted molar refractivity (Wildman–Crippen MR) is 134 cm³/mol. The van der Waals surface area contributed by atoms with Gasteiger partial charge in [-0.05, 0) is 11.6 Å². The summed E-state index contributed by atoms with van der Waals surface area (Å²) < 4.78 is 0. The molecule has 0 aliphatic carbocycles. The Kier molecular flexibility index (Phi) is 5.94. The molecule has 2 fully saturated rings. The van der Waals surface area contributed by atoms with E-state index in [4.69, 9.17) is 5.73 Å². The average Bonchev–Trinajstić information content (AvgIpc) is 2.83. The van der Waals surface area contributed by atoms with Gasteiger partial charge in [-0.15, -0.1) is 0 Å². The molecule has 0 saturated carbocycles. The molecule has 1 aromatic carbocycles. The number of carbonyl (C=O) groups is 2. The maximum Gasteiger partial charge on any atom is 0.258 e. The molecule has 180 valence electrons. The molecule has 9 nitrogen and oxygen atoms in total. The maximum atomic E-state index is 13.2. The lowest BCUT2D eigenvalue weighted by atomic mass is 9.72. The molecule has 3 aromatic rings. The number of carbonyl (C=O) groups excluding carboxylic acids is 2. The summed E-state index contributed by atoms with van der Waals surface area (Å²) in [5.41, 5.74) is 8.70. The van der Waals surface area contributed by atoms with Crippen LogP contribution >= 0.6 is 0 Å². The molecule has 2 saturated heterocycles. The van der Waals surface area contributed by atoms with Crippen LogP contribution in [0.4, 0.5) is 11.5 Å². The van der Waals surface area contributed by atoms with Crippen molar-refractivity contribution < 1.29 is 9.59 Å². The van der Waals surface area contributed by atoms with Gasteiger partial charge in [-0.2, -0.15) is 0 Å². The van der Waals surface area contributed by atoms with E-state index in [0.717, 1.165) is 43.1 Å². The molecule has 1 unspecified atom stereocenters. The maximum absolute atomic E-state index is 13.2. The number of benzene rings is 1. The van der Waals surface area contributed by atoms with Gasteiger partial charge in [0.2, 0.25) is 5.91 Å². The summed E-state index contributed by atoms with van der Waals surface area (Å²) in [4.78, 5) is 42.2. The monoisotopic (exact) mass is 471 g/mol. The number of anilines is 2. The summed E-state index contributed by atoms with van der Waals surface area (Å²) in [6.45, 7) is 7.11. The van der Waals surface area contributed by atoms with Crippen molar-refractivity contribution in [3.63, 3.8) is 0 Å². The van der Waals surface area contributed by atoms with Crippen molar-refractivity contribution in [2.24, 2.45) is 11.1 Å². The Morgan fingerprint density at radius 3 is 2.37 bits per heavy atom. The molecular weight excluding hydrogens is 442 g/mol. The predicted octanol–water partition coefficient (Wildman–Crippen LogP) is 2.52. The van der Waals surface area contributed by atoms with Crippen LogP contribution in [0.1, 0.15) is 35.9 Å². The largest absolute Gasteiger partial charge is 0.353 e. The van der Waals surface area contributed by atoms with Crippen molar-refractivity contribution in [1.29, 1.82) is 0 Å². The number of pyridine rings is 1. The van der Waals surface area contributed by atoms with Crippen LogP contribution in [0, 0.1) is 5.41 Å². The summed E-state index contributed by atoms with van der Waals surface area (Å²) >= 11 is 0. The highest BCUT2D eigenvalue weighted by Crippen LogP contribution is 2.45. The molecule has 0 bridgehead atoms. The Hall–Kier alpha value is -3.85. The average molecular weight is 472 g/mol. The van der Waals surface area contributed by atoms with E-state index in [1.54, 1.807) is 13.1 Å². The van der Waals surface area contributed by atoms with Crippen LogP contribution in [0.3, 0.4) is 0 Å². The van der Waals surface area contributed by atoms with Crippen LogP contribution in [0.25, 0.3) is 11.1 Å². The number of nitrogens with zero attached hydrogens (tertiary/aromatic N) is 5. The molecule has 2 aliphatic rings. The second kappa shape index (κ2) is 9.07. The Morgan fingerprint density at radius 1 is 1.06 bits per heavy atom. The van der Waals surface area contributed by atoms with Gasteiger partial charge in [0.1, 0.15) is 5.82 Å². The molecule has 2 amide bonds. The standard InChI is InChI=1S/C26H29N7O2/c1-17(10-27)23-29-11-20(12-30-23)25(35)31-22-21(19-6-4-3-5-7-19)8-9-28-24(22)33-15-26(16-33)13-32(14-26)18(2)34/h3-9,11-12,17H,10,13-16,27H2,1-2H3,(H,31,35). The van der Waals surface area contributed by atoms with Gasteiger partial charge in [-0.3, -0.25) is 9.59 Å². The number of hydrogen-bond donors (Lipinski definition) is 2. The van der Waals surface area contributed by atoms with Crippen LogP contribution in [0.15, 0.2) is 55.0 Å². The van der Waals surface area contributed by atoms with Gasteiger partial charge in [0.15, 0.2) is 5.82 Å². The van der Waals surface area contributed by atoms with Gasteiger partial charge in [-0.1, -0.05) is 37.3 Å². The van der Waals surface area contributed by atoms with Crippen molar-refractivity contribution in [3.05, 3.63) is 66.4 Å². The first kappa shape index (κ1) is 22.9. The summed E-state index contributed by atoms with van der Waals surface area (Å²) in [6, 6.07) is 11.8.